The molecule has 6 rings (SSSR count). The SMILES string of the molecule is CCOC(=O)Cc1cc(-c2c(OC)cccc2OC(C)C)sc1-c1sc2c(OC)c(-c3sc(-c4c(OC)cccc4OC(C)C)cc3CC(C)=O)sc2c1OC. The summed E-state index contributed by atoms with van der Waals surface area (Å²) in [4.78, 5) is 31.1. The molecule has 0 amide bonds. The van der Waals surface area contributed by atoms with Crippen LogP contribution in [0, 0.1) is 0 Å². The number of fused-ring (bicyclic) bond motifs is 1. The van der Waals surface area contributed by atoms with E-state index >= 15 is 0 Å². The normalized spacial score (nSPS) is 11.4. The summed E-state index contributed by atoms with van der Waals surface area (Å²) in [6, 6.07) is 15.6. The second kappa shape index (κ2) is 17.7. The molecule has 4 heterocycles. The van der Waals surface area contributed by atoms with E-state index < -0.39 is 0 Å². The number of ketones is 1. The summed E-state index contributed by atoms with van der Waals surface area (Å²) >= 11 is 6.23. The van der Waals surface area contributed by atoms with Crippen molar-refractivity contribution >= 4 is 66.5 Å². The minimum absolute atomic E-state index is 0.0473. The van der Waals surface area contributed by atoms with Crippen LogP contribution in [0.3, 0.4) is 0 Å². The zero-order valence-corrected chi connectivity index (χ0v) is 36.5. The molecule has 2 aromatic carbocycles. The highest BCUT2D eigenvalue weighted by Crippen LogP contribution is 2.60. The first kappa shape index (κ1) is 41.1. The molecule has 0 aliphatic carbocycles. The van der Waals surface area contributed by atoms with Gasteiger partial charge in [-0.25, -0.2) is 0 Å². The van der Waals surface area contributed by atoms with Crippen molar-refractivity contribution in [1.29, 1.82) is 0 Å². The molecule has 0 unspecified atom stereocenters. The Morgan fingerprint density at radius 3 is 1.39 bits per heavy atom. The molecule has 0 bridgehead atoms. The van der Waals surface area contributed by atoms with Gasteiger partial charge < -0.3 is 33.2 Å². The average molecular weight is 835 g/mol. The number of carbonyl (C=O) groups is 2. The number of hydrogen-bond acceptors (Lipinski definition) is 13. The molecule has 4 aromatic heterocycles. The third kappa shape index (κ3) is 8.27. The molecular weight excluding hydrogens is 789 g/mol. The molecule has 296 valence electrons. The van der Waals surface area contributed by atoms with Gasteiger partial charge in [-0.1, -0.05) is 12.1 Å². The highest BCUT2D eigenvalue weighted by molar-refractivity contribution is 7.35. The van der Waals surface area contributed by atoms with Gasteiger partial charge in [0.15, 0.2) is 11.5 Å². The summed E-state index contributed by atoms with van der Waals surface area (Å²) in [5.74, 6) is 3.84. The number of benzene rings is 2. The van der Waals surface area contributed by atoms with Crippen LogP contribution in [-0.2, 0) is 27.2 Å². The second-order valence-corrected chi connectivity index (χ2v) is 17.5. The van der Waals surface area contributed by atoms with Gasteiger partial charge in [-0.05, 0) is 89.1 Å². The number of esters is 1. The van der Waals surface area contributed by atoms with E-state index in [1.807, 2.05) is 70.2 Å². The number of hydrogen-bond donors (Lipinski definition) is 0. The van der Waals surface area contributed by atoms with E-state index in [1.165, 1.54) is 0 Å². The van der Waals surface area contributed by atoms with Gasteiger partial charge in [-0.2, -0.15) is 0 Å². The van der Waals surface area contributed by atoms with Gasteiger partial charge in [0.1, 0.15) is 28.8 Å². The first-order valence-corrected chi connectivity index (χ1v) is 21.5. The van der Waals surface area contributed by atoms with E-state index in [4.69, 9.17) is 33.2 Å². The Morgan fingerprint density at radius 2 is 1.02 bits per heavy atom. The van der Waals surface area contributed by atoms with Gasteiger partial charge in [0.05, 0.1) is 93.7 Å². The topological polar surface area (TPSA) is 98.8 Å². The Labute approximate surface area is 343 Å². The van der Waals surface area contributed by atoms with Crippen molar-refractivity contribution in [2.45, 2.75) is 66.6 Å². The van der Waals surface area contributed by atoms with Crippen LogP contribution in [0.2, 0.25) is 0 Å². The molecule has 0 saturated heterocycles. The Kier molecular flexibility index (Phi) is 13.0. The van der Waals surface area contributed by atoms with Crippen LogP contribution >= 0.6 is 45.3 Å². The maximum absolute atomic E-state index is 13.0. The van der Waals surface area contributed by atoms with Gasteiger partial charge in [0.2, 0.25) is 0 Å². The minimum Gasteiger partial charge on any atom is -0.496 e. The summed E-state index contributed by atoms with van der Waals surface area (Å²) in [6.45, 7) is 11.6. The highest BCUT2D eigenvalue weighted by atomic mass is 32.1. The van der Waals surface area contributed by atoms with Crippen molar-refractivity contribution in [3.05, 3.63) is 59.7 Å². The zero-order chi connectivity index (χ0) is 40.3. The number of ether oxygens (including phenoxy) is 7. The van der Waals surface area contributed by atoms with Crippen molar-refractivity contribution in [2.24, 2.45) is 0 Å². The molecule has 0 atom stereocenters. The lowest BCUT2D eigenvalue weighted by Gasteiger charge is -2.16. The molecule has 0 N–H and O–H groups in total. The molecule has 0 aliphatic rings. The molecule has 0 fully saturated rings. The van der Waals surface area contributed by atoms with Crippen LogP contribution in [0.4, 0.5) is 0 Å². The third-order valence-electron chi connectivity index (χ3n) is 8.59. The van der Waals surface area contributed by atoms with E-state index in [0.717, 1.165) is 60.9 Å². The van der Waals surface area contributed by atoms with Crippen LogP contribution in [0.1, 0.15) is 52.7 Å². The van der Waals surface area contributed by atoms with E-state index in [0.29, 0.717) is 34.5 Å². The summed E-state index contributed by atoms with van der Waals surface area (Å²) in [6.07, 6.45) is 0.208. The standard InChI is InChI=1S/C43H46O9S4/c1-11-50-33(45)21-26-20-32(35-28(47-8)15-13-17-30(35)52-23(4)5)54-39(26)41-37(49-10)43-42(56-41)36(48-9)40(55-43)38-25(18-24(6)44)19-31(53-38)34-27(46-7)14-12-16-29(34)51-22(2)3/h12-17,19-20,22-23H,11,18,21H2,1-10H3. The average Bonchev–Trinajstić information content (AvgIpc) is 3.92. The van der Waals surface area contributed by atoms with Gasteiger partial charge in [0, 0.05) is 16.2 Å². The van der Waals surface area contributed by atoms with Crippen LogP contribution in [0.5, 0.6) is 34.5 Å². The fourth-order valence-electron chi connectivity index (χ4n) is 6.50. The number of carbonyl (C=O) groups excluding carboxylic acids is 2. The van der Waals surface area contributed by atoms with E-state index in [1.54, 1.807) is 87.6 Å². The lowest BCUT2D eigenvalue weighted by atomic mass is 10.1. The summed E-state index contributed by atoms with van der Waals surface area (Å²) < 4.78 is 43.8. The summed E-state index contributed by atoms with van der Waals surface area (Å²) in [5.41, 5.74) is 3.34. The Balaban J connectivity index is 1.55. The molecule has 13 heteroatoms. The third-order valence-corrected chi connectivity index (χ3v) is 13.8. The van der Waals surface area contributed by atoms with Crippen molar-refractivity contribution in [2.75, 3.05) is 35.0 Å². The molecule has 6 aromatic rings. The lowest BCUT2D eigenvalue weighted by molar-refractivity contribution is -0.142. The van der Waals surface area contributed by atoms with E-state index in [2.05, 4.69) is 6.07 Å². The highest BCUT2D eigenvalue weighted by Gasteiger charge is 2.31. The molecule has 9 nitrogen and oxygen atoms in total. The molecule has 0 aliphatic heterocycles. The lowest BCUT2D eigenvalue weighted by Crippen LogP contribution is -2.07. The maximum Gasteiger partial charge on any atom is 0.310 e. The molecule has 56 heavy (non-hydrogen) atoms. The molecule has 0 saturated carbocycles. The van der Waals surface area contributed by atoms with Gasteiger partial charge in [-0.3, -0.25) is 9.59 Å². The van der Waals surface area contributed by atoms with Gasteiger partial charge >= 0.3 is 5.97 Å². The first-order valence-electron chi connectivity index (χ1n) is 18.2. The fraction of sp³-hybridized carbons (Fsp3) is 0.349. The zero-order valence-electron chi connectivity index (χ0n) is 33.2. The number of methoxy groups -OCH3 is 4. The molecule has 0 radical (unpaired) electrons. The van der Waals surface area contributed by atoms with Gasteiger partial charge in [0.25, 0.3) is 0 Å². The van der Waals surface area contributed by atoms with Crippen LogP contribution in [-0.4, -0.2) is 59.0 Å². The van der Waals surface area contributed by atoms with E-state index in [-0.39, 0.29) is 43.4 Å². The Bertz CT molecular complexity index is 2360. The maximum atomic E-state index is 13.0. The fourth-order valence-corrected chi connectivity index (χ4v) is 12.1. The quantitative estimate of drug-likeness (QED) is 0.0832. The largest absolute Gasteiger partial charge is 0.496 e. The number of rotatable bonds is 17. The summed E-state index contributed by atoms with van der Waals surface area (Å²) in [7, 11) is 6.61. The molecule has 0 spiro atoms. The van der Waals surface area contributed by atoms with Gasteiger partial charge in [-0.15, -0.1) is 45.3 Å². The van der Waals surface area contributed by atoms with Crippen molar-refractivity contribution < 1.29 is 42.7 Å². The minimum atomic E-state index is -0.322. The van der Waals surface area contributed by atoms with Crippen LogP contribution < -0.4 is 28.4 Å². The number of thiophene rings is 4. The Hall–Kier alpha value is -4.56. The first-order chi connectivity index (χ1) is 26.9. The smallest absolute Gasteiger partial charge is 0.310 e. The van der Waals surface area contributed by atoms with E-state index in [9.17, 15) is 9.59 Å². The number of Topliss-reactive ketones (excluding diaryl/α,β-unsaturated/α-hetero) is 1. The van der Waals surface area contributed by atoms with Crippen molar-refractivity contribution in [3.63, 3.8) is 0 Å². The van der Waals surface area contributed by atoms with Crippen LogP contribution in [0.25, 0.3) is 49.8 Å². The summed E-state index contributed by atoms with van der Waals surface area (Å²) in [5, 5.41) is 0. The monoisotopic (exact) mass is 834 g/mol. The van der Waals surface area contributed by atoms with Crippen LogP contribution in [0.15, 0.2) is 48.5 Å². The predicted octanol–water partition coefficient (Wildman–Crippen LogP) is 11.6. The van der Waals surface area contributed by atoms with Crippen molar-refractivity contribution in [3.8, 4) is 74.9 Å². The second-order valence-electron chi connectivity index (χ2n) is 13.4. The Morgan fingerprint density at radius 1 is 0.589 bits per heavy atom. The predicted molar refractivity (Wildman–Crippen MR) is 230 cm³/mol. The van der Waals surface area contributed by atoms with Crippen molar-refractivity contribution in [1.82, 2.24) is 0 Å². The molecular formula is C43H46O9S4.